The Hall–Kier alpha value is -1.53. The maximum atomic E-state index is 12.0. The maximum absolute atomic E-state index is 12.0. The van der Waals surface area contributed by atoms with E-state index in [0.29, 0.717) is 17.2 Å². The zero-order valence-electron chi connectivity index (χ0n) is 11.6. The average molecular weight is 308 g/mol. The van der Waals surface area contributed by atoms with Crippen LogP contribution in [0.5, 0.6) is 5.75 Å². The Labute approximate surface area is 126 Å². The van der Waals surface area contributed by atoms with Crippen LogP contribution in [-0.4, -0.2) is 23.8 Å². The normalized spacial score (nSPS) is 10.3. The Morgan fingerprint density at radius 3 is 2.90 bits per heavy atom. The highest BCUT2D eigenvalue weighted by Crippen LogP contribution is 2.26. The second-order valence-electron chi connectivity index (χ2n) is 4.30. The SMILES string of the molecule is COc1ccc(C)cc1NC(=O)CSc1nc(C)cs1. The molecule has 0 aliphatic rings. The summed E-state index contributed by atoms with van der Waals surface area (Å²) in [6.45, 7) is 3.92. The number of thioether (sulfide) groups is 1. The summed E-state index contributed by atoms with van der Waals surface area (Å²) in [5, 5.41) is 4.85. The van der Waals surface area contributed by atoms with Crippen molar-refractivity contribution in [3.63, 3.8) is 0 Å². The molecule has 1 aromatic heterocycles. The number of aromatic nitrogens is 1. The fourth-order valence-corrected chi connectivity index (χ4v) is 3.28. The highest BCUT2D eigenvalue weighted by molar-refractivity contribution is 8.01. The minimum Gasteiger partial charge on any atom is -0.495 e. The number of nitrogens with one attached hydrogen (secondary N) is 1. The molecule has 0 saturated heterocycles. The molecule has 1 heterocycles. The zero-order chi connectivity index (χ0) is 14.5. The average Bonchev–Trinajstić information content (AvgIpc) is 2.83. The highest BCUT2D eigenvalue weighted by Gasteiger charge is 2.09. The molecule has 2 aromatic rings. The Bertz CT molecular complexity index is 611. The van der Waals surface area contributed by atoms with Crippen molar-refractivity contribution in [2.75, 3.05) is 18.2 Å². The zero-order valence-corrected chi connectivity index (χ0v) is 13.2. The summed E-state index contributed by atoms with van der Waals surface area (Å²) in [6, 6.07) is 5.69. The van der Waals surface area contributed by atoms with Gasteiger partial charge in [-0.05, 0) is 31.5 Å². The number of ether oxygens (including phenoxy) is 1. The van der Waals surface area contributed by atoms with Crippen molar-refractivity contribution in [1.82, 2.24) is 4.98 Å². The van der Waals surface area contributed by atoms with Crippen LogP contribution in [0.3, 0.4) is 0 Å². The molecular weight excluding hydrogens is 292 g/mol. The molecule has 0 bridgehead atoms. The topological polar surface area (TPSA) is 51.2 Å². The molecule has 20 heavy (non-hydrogen) atoms. The van der Waals surface area contributed by atoms with E-state index in [9.17, 15) is 4.79 Å². The Morgan fingerprint density at radius 1 is 1.45 bits per heavy atom. The molecular formula is C14H16N2O2S2. The number of carbonyl (C=O) groups excluding carboxylic acids is 1. The summed E-state index contributed by atoms with van der Waals surface area (Å²) in [7, 11) is 1.59. The molecule has 6 heteroatoms. The molecule has 0 fully saturated rings. The smallest absolute Gasteiger partial charge is 0.234 e. The second-order valence-corrected chi connectivity index (χ2v) is 6.38. The van der Waals surface area contributed by atoms with E-state index in [4.69, 9.17) is 4.74 Å². The van der Waals surface area contributed by atoms with E-state index < -0.39 is 0 Å². The number of methoxy groups -OCH3 is 1. The van der Waals surface area contributed by atoms with Crippen LogP contribution in [0.15, 0.2) is 27.9 Å². The lowest BCUT2D eigenvalue weighted by molar-refractivity contribution is -0.113. The van der Waals surface area contributed by atoms with E-state index in [-0.39, 0.29) is 5.91 Å². The molecule has 1 aromatic carbocycles. The van der Waals surface area contributed by atoms with E-state index in [1.165, 1.54) is 11.8 Å². The summed E-state index contributed by atoms with van der Waals surface area (Å²) in [4.78, 5) is 16.3. The van der Waals surface area contributed by atoms with Gasteiger partial charge in [-0.2, -0.15) is 0 Å². The van der Waals surface area contributed by atoms with E-state index in [0.717, 1.165) is 15.6 Å². The predicted octanol–water partition coefficient (Wildman–Crippen LogP) is 3.50. The predicted molar refractivity (Wildman–Crippen MR) is 83.9 cm³/mol. The van der Waals surface area contributed by atoms with E-state index in [2.05, 4.69) is 10.3 Å². The van der Waals surface area contributed by atoms with Crippen LogP contribution < -0.4 is 10.1 Å². The molecule has 0 aliphatic heterocycles. The summed E-state index contributed by atoms with van der Waals surface area (Å²) < 4.78 is 6.15. The van der Waals surface area contributed by atoms with Gasteiger partial charge in [0.2, 0.25) is 5.91 Å². The number of benzene rings is 1. The number of hydrogen-bond donors (Lipinski definition) is 1. The lowest BCUT2D eigenvalue weighted by Crippen LogP contribution is -2.14. The molecule has 0 aliphatic carbocycles. The third-order valence-electron chi connectivity index (χ3n) is 2.55. The number of anilines is 1. The largest absolute Gasteiger partial charge is 0.495 e. The van der Waals surface area contributed by atoms with Crippen molar-refractivity contribution in [3.8, 4) is 5.75 Å². The first-order chi connectivity index (χ1) is 9.58. The van der Waals surface area contributed by atoms with Crippen LogP contribution in [-0.2, 0) is 4.79 Å². The summed E-state index contributed by atoms with van der Waals surface area (Å²) >= 11 is 3.00. The molecule has 0 spiro atoms. The minimum atomic E-state index is -0.0632. The van der Waals surface area contributed by atoms with Gasteiger partial charge in [-0.3, -0.25) is 4.79 Å². The van der Waals surface area contributed by atoms with Crippen molar-refractivity contribution in [2.24, 2.45) is 0 Å². The first-order valence-corrected chi connectivity index (χ1v) is 7.94. The van der Waals surface area contributed by atoms with Crippen LogP contribution in [0.2, 0.25) is 0 Å². The van der Waals surface area contributed by atoms with Gasteiger partial charge in [-0.25, -0.2) is 4.98 Å². The summed E-state index contributed by atoms with van der Waals surface area (Å²) in [5.74, 6) is 0.940. The summed E-state index contributed by atoms with van der Waals surface area (Å²) in [6.07, 6.45) is 0. The van der Waals surface area contributed by atoms with Crippen molar-refractivity contribution in [1.29, 1.82) is 0 Å². The molecule has 0 unspecified atom stereocenters. The quantitative estimate of drug-likeness (QED) is 0.859. The van der Waals surface area contributed by atoms with Crippen molar-refractivity contribution >= 4 is 34.7 Å². The van der Waals surface area contributed by atoms with Gasteiger partial charge in [0.1, 0.15) is 5.75 Å². The number of aryl methyl sites for hydroxylation is 2. The standard InChI is InChI=1S/C14H16N2O2S2/c1-9-4-5-12(18-3)11(6-9)16-13(17)8-20-14-15-10(2)7-19-14/h4-7H,8H2,1-3H3,(H,16,17). The monoisotopic (exact) mass is 308 g/mol. The van der Waals surface area contributed by atoms with E-state index in [1.54, 1.807) is 18.4 Å². The number of thiazole rings is 1. The maximum Gasteiger partial charge on any atom is 0.234 e. The number of hydrogen-bond acceptors (Lipinski definition) is 5. The number of nitrogens with zero attached hydrogens (tertiary/aromatic N) is 1. The molecule has 1 N–H and O–H groups in total. The van der Waals surface area contributed by atoms with Crippen LogP contribution in [0, 0.1) is 13.8 Å². The number of carbonyl (C=O) groups is 1. The van der Waals surface area contributed by atoms with E-state index in [1.807, 2.05) is 37.4 Å². The van der Waals surface area contributed by atoms with Gasteiger partial charge < -0.3 is 10.1 Å². The van der Waals surface area contributed by atoms with Gasteiger partial charge >= 0.3 is 0 Å². The van der Waals surface area contributed by atoms with Gasteiger partial charge in [0.05, 0.1) is 18.6 Å². The van der Waals surface area contributed by atoms with Gasteiger partial charge in [-0.15, -0.1) is 11.3 Å². The summed E-state index contributed by atoms with van der Waals surface area (Å²) in [5.41, 5.74) is 2.76. The fourth-order valence-electron chi connectivity index (χ4n) is 1.63. The Kier molecular flexibility index (Phi) is 5.03. The van der Waals surface area contributed by atoms with Crippen molar-refractivity contribution < 1.29 is 9.53 Å². The fraction of sp³-hybridized carbons (Fsp3) is 0.286. The number of amides is 1. The molecule has 2 rings (SSSR count). The van der Waals surface area contributed by atoms with Gasteiger partial charge in [-0.1, -0.05) is 17.8 Å². The third kappa shape index (κ3) is 3.98. The van der Waals surface area contributed by atoms with E-state index >= 15 is 0 Å². The van der Waals surface area contributed by atoms with Gasteiger partial charge in [0, 0.05) is 11.1 Å². The second kappa shape index (κ2) is 6.76. The molecule has 0 saturated carbocycles. The van der Waals surface area contributed by atoms with Crippen LogP contribution in [0.1, 0.15) is 11.3 Å². The van der Waals surface area contributed by atoms with Gasteiger partial charge in [0.25, 0.3) is 0 Å². The first kappa shape index (κ1) is 14.9. The minimum absolute atomic E-state index is 0.0632. The Morgan fingerprint density at radius 2 is 2.25 bits per heavy atom. The third-order valence-corrected chi connectivity index (χ3v) is 4.69. The molecule has 0 radical (unpaired) electrons. The van der Waals surface area contributed by atoms with Gasteiger partial charge in [0.15, 0.2) is 4.34 Å². The molecule has 1 amide bonds. The highest BCUT2D eigenvalue weighted by atomic mass is 32.2. The lowest BCUT2D eigenvalue weighted by Gasteiger charge is -2.10. The molecule has 0 atom stereocenters. The Balaban J connectivity index is 1.96. The molecule has 4 nitrogen and oxygen atoms in total. The van der Waals surface area contributed by atoms with Crippen LogP contribution in [0.25, 0.3) is 0 Å². The molecule has 106 valence electrons. The number of rotatable bonds is 5. The van der Waals surface area contributed by atoms with Crippen LogP contribution in [0.4, 0.5) is 5.69 Å². The van der Waals surface area contributed by atoms with Crippen molar-refractivity contribution in [2.45, 2.75) is 18.2 Å². The van der Waals surface area contributed by atoms with Crippen LogP contribution >= 0.6 is 23.1 Å². The lowest BCUT2D eigenvalue weighted by atomic mass is 10.2. The first-order valence-electron chi connectivity index (χ1n) is 6.08. The van der Waals surface area contributed by atoms with Crippen molar-refractivity contribution in [3.05, 3.63) is 34.8 Å².